The van der Waals surface area contributed by atoms with Crippen LogP contribution in [0.5, 0.6) is 5.75 Å². The Bertz CT molecular complexity index is 707. The molecule has 2 N–H and O–H groups in total. The van der Waals surface area contributed by atoms with E-state index in [9.17, 15) is 8.42 Å². The van der Waals surface area contributed by atoms with E-state index in [0.717, 1.165) is 17.7 Å². The zero-order valence-corrected chi connectivity index (χ0v) is 12.4. The number of anilines is 1. The Morgan fingerprint density at radius 3 is 2.65 bits per heavy atom. The van der Waals surface area contributed by atoms with Crippen molar-refractivity contribution in [1.29, 1.82) is 0 Å². The van der Waals surface area contributed by atoms with Crippen LogP contribution < -0.4 is 9.46 Å². The average molecular weight is 295 g/mol. The minimum Gasteiger partial charge on any atom is -0.496 e. The second-order valence-corrected chi connectivity index (χ2v) is 6.05. The van der Waals surface area contributed by atoms with Gasteiger partial charge in [-0.05, 0) is 37.1 Å². The summed E-state index contributed by atoms with van der Waals surface area (Å²) < 4.78 is 32.0. The fourth-order valence-corrected chi connectivity index (χ4v) is 2.89. The molecule has 2 rings (SSSR count). The molecule has 0 fully saturated rings. The molecule has 0 unspecified atom stereocenters. The van der Waals surface area contributed by atoms with Crippen LogP contribution in [0.3, 0.4) is 0 Å². The van der Waals surface area contributed by atoms with Crippen LogP contribution in [0, 0.1) is 6.92 Å². The fourth-order valence-electron chi connectivity index (χ4n) is 1.81. The predicted octanol–water partition coefficient (Wildman–Crippen LogP) is 2.09. The molecule has 7 heteroatoms. The van der Waals surface area contributed by atoms with Crippen molar-refractivity contribution < 1.29 is 13.2 Å². The minimum atomic E-state index is -3.64. The SMILES string of the molecule is CCc1cc(NS(=O)(=O)c2ccc(OC)c(C)c2)n[nH]1. The number of aryl methyl sites for hydroxylation is 2. The molecule has 0 spiro atoms. The Balaban J connectivity index is 2.28. The van der Waals surface area contributed by atoms with E-state index >= 15 is 0 Å². The Hall–Kier alpha value is -2.02. The number of aromatic amines is 1. The normalized spacial score (nSPS) is 11.3. The molecule has 0 atom stereocenters. The summed E-state index contributed by atoms with van der Waals surface area (Å²) in [6, 6.07) is 6.37. The van der Waals surface area contributed by atoms with Gasteiger partial charge >= 0.3 is 0 Å². The van der Waals surface area contributed by atoms with E-state index in [1.165, 1.54) is 6.07 Å². The van der Waals surface area contributed by atoms with E-state index in [0.29, 0.717) is 5.75 Å². The van der Waals surface area contributed by atoms with Gasteiger partial charge in [0.05, 0.1) is 12.0 Å². The van der Waals surface area contributed by atoms with Gasteiger partial charge in [0.15, 0.2) is 5.82 Å². The van der Waals surface area contributed by atoms with Crippen LogP contribution in [0.15, 0.2) is 29.2 Å². The van der Waals surface area contributed by atoms with Crippen LogP contribution in [0.4, 0.5) is 5.82 Å². The predicted molar refractivity (Wildman–Crippen MR) is 76.5 cm³/mol. The summed E-state index contributed by atoms with van der Waals surface area (Å²) in [6.07, 6.45) is 0.760. The molecular weight excluding hydrogens is 278 g/mol. The molecule has 0 bridgehead atoms. The zero-order chi connectivity index (χ0) is 14.8. The summed E-state index contributed by atoms with van der Waals surface area (Å²) >= 11 is 0. The number of sulfonamides is 1. The summed E-state index contributed by atoms with van der Waals surface area (Å²) in [4.78, 5) is 0.178. The standard InChI is InChI=1S/C13H17N3O3S/c1-4-10-8-13(15-14-10)16-20(17,18)11-5-6-12(19-3)9(2)7-11/h5-8H,4H2,1-3H3,(H2,14,15,16). The summed E-state index contributed by atoms with van der Waals surface area (Å²) in [5, 5.41) is 6.68. The number of hydrogen-bond donors (Lipinski definition) is 2. The highest BCUT2D eigenvalue weighted by molar-refractivity contribution is 7.92. The van der Waals surface area contributed by atoms with Crippen LogP contribution in [0.25, 0.3) is 0 Å². The smallest absolute Gasteiger partial charge is 0.263 e. The largest absolute Gasteiger partial charge is 0.496 e. The van der Waals surface area contributed by atoms with Gasteiger partial charge in [0, 0.05) is 11.8 Å². The van der Waals surface area contributed by atoms with E-state index in [4.69, 9.17) is 4.74 Å². The number of H-pyrrole nitrogens is 1. The first-order chi connectivity index (χ1) is 9.46. The molecule has 0 saturated carbocycles. The molecule has 1 aromatic heterocycles. The molecule has 6 nitrogen and oxygen atoms in total. The number of ether oxygens (including phenoxy) is 1. The Kier molecular flexibility index (Phi) is 3.99. The molecule has 0 saturated heterocycles. The maximum atomic E-state index is 12.2. The topological polar surface area (TPSA) is 84.1 Å². The van der Waals surface area contributed by atoms with Crippen LogP contribution in [-0.4, -0.2) is 25.7 Å². The van der Waals surface area contributed by atoms with Gasteiger partial charge in [-0.25, -0.2) is 8.42 Å². The van der Waals surface area contributed by atoms with Crippen molar-refractivity contribution in [3.8, 4) is 5.75 Å². The number of nitrogens with zero attached hydrogens (tertiary/aromatic N) is 1. The van der Waals surface area contributed by atoms with Gasteiger partial charge < -0.3 is 4.74 Å². The van der Waals surface area contributed by atoms with Crippen molar-refractivity contribution in [1.82, 2.24) is 10.2 Å². The molecule has 108 valence electrons. The van der Waals surface area contributed by atoms with E-state index in [1.807, 2.05) is 6.92 Å². The Morgan fingerprint density at radius 1 is 1.35 bits per heavy atom. The Morgan fingerprint density at radius 2 is 2.10 bits per heavy atom. The van der Waals surface area contributed by atoms with Crippen LogP contribution >= 0.6 is 0 Å². The molecule has 0 aliphatic rings. The van der Waals surface area contributed by atoms with E-state index in [1.54, 1.807) is 32.2 Å². The second-order valence-electron chi connectivity index (χ2n) is 4.37. The first-order valence-corrected chi connectivity index (χ1v) is 7.66. The highest BCUT2D eigenvalue weighted by Gasteiger charge is 2.17. The summed E-state index contributed by atoms with van der Waals surface area (Å²) in [7, 11) is -2.10. The third-order valence-corrected chi connectivity index (χ3v) is 4.28. The summed E-state index contributed by atoms with van der Waals surface area (Å²) in [5.74, 6) is 0.937. The molecule has 0 radical (unpaired) electrons. The monoisotopic (exact) mass is 295 g/mol. The first-order valence-electron chi connectivity index (χ1n) is 6.18. The number of aromatic nitrogens is 2. The van der Waals surface area contributed by atoms with Crippen molar-refractivity contribution in [2.24, 2.45) is 0 Å². The lowest BCUT2D eigenvalue weighted by Gasteiger charge is -2.08. The second kappa shape index (κ2) is 5.54. The molecule has 0 aliphatic carbocycles. The molecule has 0 aliphatic heterocycles. The summed E-state index contributed by atoms with van der Waals surface area (Å²) in [5.41, 5.74) is 1.63. The molecular formula is C13H17N3O3S. The molecule has 1 aromatic carbocycles. The average Bonchev–Trinajstić information content (AvgIpc) is 2.85. The third-order valence-electron chi connectivity index (χ3n) is 2.93. The van der Waals surface area contributed by atoms with Gasteiger partial charge in [-0.15, -0.1) is 0 Å². The maximum Gasteiger partial charge on any atom is 0.263 e. The molecule has 20 heavy (non-hydrogen) atoms. The van der Waals surface area contributed by atoms with E-state index < -0.39 is 10.0 Å². The Labute approximate surface area is 118 Å². The summed E-state index contributed by atoms with van der Waals surface area (Å²) in [6.45, 7) is 3.75. The molecule has 2 aromatic rings. The number of hydrogen-bond acceptors (Lipinski definition) is 4. The fraction of sp³-hybridized carbons (Fsp3) is 0.308. The third kappa shape index (κ3) is 2.93. The molecule has 0 amide bonds. The van der Waals surface area contributed by atoms with Gasteiger partial charge in [-0.3, -0.25) is 9.82 Å². The molecule has 1 heterocycles. The van der Waals surface area contributed by atoms with Crippen LogP contribution in [-0.2, 0) is 16.4 Å². The van der Waals surface area contributed by atoms with Gasteiger partial charge in [-0.2, -0.15) is 5.10 Å². The zero-order valence-electron chi connectivity index (χ0n) is 11.6. The number of nitrogens with one attached hydrogen (secondary N) is 2. The van der Waals surface area contributed by atoms with Crippen LogP contribution in [0.1, 0.15) is 18.2 Å². The van der Waals surface area contributed by atoms with E-state index in [-0.39, 0.29) is 10.7 Å². The van der Waals surface area contributed by atoms with Crippen molar-refractivity contribution >= 4 is 15.8 Å². The van der Waals surface area contributed by atoms with Gasteiger partial charge in [0.1, 0.15) is 5.75 Å². The highest BCUT2D eigenvalue weighted by Crippen LogP contribution is 2.22. The van der Waals surface area contributed by atoms with Crippen LogP contribution in [0.2, 0.25) is 0 Å². The van der Waals surface area contributed by atoms with Crippen molar-refractivity contribution in [2.75, 3.05) is 11.8 Å². The number of methoxy groups -OCH3 is 1. The lowest BCUT2D eigenvalue weighted by Crippen LogP contribution is -2.13. The van der Waals surface area contributed by atoms with Crippen molar-refractivity contribution in [2.45, 2.75) is 25.2 Å². The minimum absolute atomic E-state index is 0.178. The van der Waals surface area contributed by atoms with E-state index in [2.05, 4.69) is 14.9 Å². The first kappa shape index (κ1) is 14.4. The lowest BCUT2D eigenvalue weighted by molar-refractivity contribution is 0.411. The number of benzene rings is 1. The van der Waals surface area contributed by atoms with Crippen molar-refractivity contribution in [3.05, 3.63) is 35.5 Å². The quantitative estimate of drug-likeness (QED) is 0.884. The van der Waals surface area contributed by atoms with Crippen molar-refractivity contribution in [3.63, 3.8) is 0 Å². The lowest BCUT2D eigenvalue weighted by atomic mass is 10.2. The maximum absolute atomic E-state index is 12.2. The van der Waals surface area contributed by atoms with Gasteiger partial charge in [-0.1, -0.05) is 6.92 Å². The highest BCUT2D eigenvalue weighted by atomic mass is 32.2. The van der Waals surface area contributed by atoms with Gasteiger partial charge in [0.25, 0.3) is 10.0 Å². The number of rotatable bonds is 5. The van der Waals surface area contributed by atoms with Gasteiger partial charge in [0.2, 0.25) is 0 Å².